The van der Waals surface area contributed by atoms with Crippen molar-refractivity contribution in [3.63, 3.8) is 0 Å². The van der Waals surface area contributed by atoms with E-state index in [0.29, 0.717) is 0 Å². The van der Waals surface area contributed by atoms with Gasteiger partial charge in [0.2, 0.25) is 0 Å². The number of nitrogens with one attached hydrogen (secondary N) is 1. The predicted octanol–water partition coefficient (Wildman–Crippen LogP) is 1.40. The van der Waals surface area contributed by atoms with E-state index in [1.807, 2.05) is 24.3 Å². The molecule has 0 saturated heterocycles. The predicted molar refractivity (Wildman–Crippen MR) is 60.3 cm³/mol. The first-order chi connectivity index (χ1) is 7.29. The van der Waals surface area contributed by atoms with E-state index in [4.69, 9.17) is 5.14 Å². The van der Waals surface area contributed by atoms with Gasteiger partial charge in [0.05, 0.1) is 6.20 Å². The maximum atomic E-state index is 11.0. The van der Waals surface area contributed by atoms with Crippen molar-refractivity contribution in [2.45, 2.75) is 4.90 Å². The number of hydrogen-bond donors (Lipinski definition) is 2. The van der Waals surface area contributed by atoms with Crippen LogP contribution in [0.15, 0.2) is 46.2 Å². The molecular weight excluding hydrogens is 210 g/mol. The largest absolute Gasteiger partial charge is 0.274 e. The molecule has 76 valence electrons. The summed E-state index contributed by atoms with van der Waals surface area (Å²) in [5.41, 5.74) is 1.54. The van der Waals surface area contributed by atoms with Gasteiger partial charge in [-0.25, -0.2) is 5.10 Å². The van der Waals surface area contributed by atoms with Gasteiger partial charge in [0.25, 0.3) is 5.56 Å². The highest BCUT2D eigenvalue weighted by atomic mass is 32.2. The smallest absolute Gasteiger partial charge is 0.264 e. The van der Waals surface area contributed by atoms with Gasteiger partial charge in [0, 0.05) is 16.5 Å². The molecule has 0 aliphatic rings. The first kappa shape index (κ1) is 9.95. The Morgan fingerprint density at radius 2 is 1.93 bits per heavy atom. The molecule has 0 unspecified atom stereocenters. The second-order valence-corrected chi connectivity index (χ2v) is 3.68. The van der Waals surface area contributed by atoms with Gasteiger partial charge in [-0.3, -0.25) is 9.93 Å². The molecule has 2 rings (SSSR count). The second kappa shape index (κ2) is 4.29. The van der Waals surface area contributed by atoms with Crippen molar-refractivity contribution in [1.82, 2.24) is 10.2 Å². The standard InChI is InChI=1S/C10H9N3OS/c11-15-9-3-1-7(2-4-9)8-5-10(14)13-12-6-8/h1-6H,11H2,(H,13,14). The van der Waals surface area contributed by atoms with Crippen molar-refractivity contribution in [3.05, 3.63) is 46.9 Å². The molecule has 0 aliphatic carbocycles. The van der Waals surface area contributed by atoms with Crippen molar-refractivity contribution in [1.29, 1.82) is 0 Å². The summed E-state index contributed by atoms with van der Waals surface area (Å²) in [6, 6.07) is 9.14. The Balaban J connectivity index is 2.41. The highest BCUT2D eigenvalue weighted by Crippen LogP contribution is 2.19. The molecule has 15 heavy (non-hydrogen) atoms. The molecule has 0 aliphatic heterocycles. The van der Waals surface area contributed by atoms with E-state index < -0.39 is 0 Å². The van der Waals surface area contributed by atoms with Crippen LogP contribution in [0.4, 0.5) is 0 Å². The Bertz CT molecular complexity index is 507. The Kier molecular flexibility index (Phi) is 2.84. The van der Waals surface area contributed by atoms with Crippen LogP contribution in [0.1, 0.15) is 0 Å². The lowest BCUT2D eigenvalue weighted by atomic mass is 10.1. The zero-order chi connectivity index (χ0) is 10.7. The molecule has 0 amide bonds. The summed E-state index contributed by atoms with van der Waals surface area (Å²) in [6.07, 6.45) is 1.62. The van der Waals surface area contributed by atoms with E-state index in [9.17, 15) is 4.79 Å². The fourth-order valence-corrected chi connectivity index (χ4v) is 1.55. The van der Waals surface area contributed by atoms with Gasteiger partial charge < -0.3 is 0 Å². The number of aromatic nitrogens is 2. The van der Waals surface area contributed by atoms with Crippen LogP contribution >= 0.6 is 11.9 Å². The van der Waals surface area contributed by atoms with Gasteiger partial charge in [-0.1, -0.05) is 12.1 Å². The van der Waals surface area contributed by atoms with Crippen LogP contribution in [-0.4, -0.2) is 10.2 Å². The molecule has 0 radical (unpaired) electrons. The van der Waals surface area contributed by atoms with Crippen molar-refractivity contribution >= 4 is 11.9 Å². The van der Waals surface area contributed by atoms with Crippen LogP contribution in [0.25, 0.3) is 11.1 Å². The molecule has 1 heterocycles. The zero-order valence-corrected chi connectivity index (χ0v) is 8.62. The van der Waals surface area contributed by atoms with Gasteiger partial charge in [0.15, 0.2) is 0 Å². The maximum Gasteiger partial charge on any atom is 0.264 e. The highest BCUT2D eigenvalue weighted by molar-refractivity contribution is 7.97. The van der Waals surface area contributed by atoms with Gasteiger partial charge in [-0.2, -0.15) is 5.10 Å². The minimum Gasteiger partial charge on any atom is -0.274 e. The Morgan fingerprint density at radius 3 is 2.53 bits per heavy atom. The van der Waals surface area contributed by atoms with Crippen LogP contribution < -0.4 is 10.7 Å². The van der Waals surface area contributed by atoms with E-state index in [0.717, 1.165) is 16.0 Å². The summed E-state index contributed by atoms with van der Waals surface area (Å²) >= 11 is 1.19. The Morgan fingerprint density at radius 1 is 1.20 bits per heavy atom. The zero-order valence-electron chi connectivity index (χ0n) is 7.81. The molecule has 5 heteroatoms. The summed E-state index contributed by atoms with van der Waals surface area (Å²) in [4.78, 5) is 12.0. The minimum atomic E-state index is -0.204. The lowest BCUT2D eigenvalue weighted by Gasteiger charge is -2.00. The maximum absolute atomic E-state index is 11.0. The number of rotatable bonds is 2. The third-order valence-corrected chi connectivity index (χ3v) is 2.53. The molecule has 0 spiro atoms. The van der Waals surface area contributed by atoms with Crippen LogP contribution in [0.2, 0.25) is 0 Å². The normalized spacial score (nSPS) is 10.2. The van der Waals surface area contributed by atoms with Crippen molar-refractivity contribution in [2.75, 3.05) is 0 Å². The molecule has 2 aromatic rings. The fourth-order valence-electron chi connectivity index (χ4n) is 1.26. The quantitative estimate of drug-likeness (QED) is 0.749. The highest BCUT2D eigenvalue weighted by Gasteiger charge is 1.98. The van der Waals surface area contributed by atoms with Crippen LogP contribution in [0.5, 0.6) is 0 Å². The van der Waals surface area contributed by atoms with Crippen LogP contribution in [0, 0.1) is 0 Å². The Hall–Kier alpha value is -1.59. The van der Waals surface area contributed by atoms with Gasteiger partial charge in [-0.05, 0) is 29.6 Å². The minimum absolute atomic E-state index is 0.204. The molecule has 0 bridgehead atoms. The number of H-pyrrole nitrogens is 1. The molecule has 0 atom stereocenters. The van der Waals surface area contributed by atoms with Crippen molar-refractivity contribution in [3.8, 4) is 11.1 Å². The molecule has 0 fully saturated rings. The Labute approximate surface area is 90.7 Å². The van der Waals surface area contributed by atoms with E-state index in [1.54, 1.807) is 6.20 Å². The van der Waals surface area contributed by atoms with Crippen LogP contribution in [0.3, 0.4) is 0 Å². The van der Waals surface area contributed by atoms with Crippen LogP contribution in [-0.2, 0) is 0 Å². The van der Waals surface area contributed by atoms with Gasteiger partial charge >= 0.3 is 0 Å². The summed E-state index contributed by atoms with van der Waals surface area (Å²) in [5.74, 6) is 0. The van der Waals surface area contributed by atoms with E-state index >= 15 is 0 Å². The molecule has 3 N–H and O–H groups in total. The van der Waals surface area contributed by atoms with Crippen molar-refractivity contribution in [2.24, 2.45) is 5.14 Å². The molecule has 4 nitrogen and oxygen atoms in total. The topological polar surface area (TPSA) is 71.8 Å². The third kappa shape index (κ3) is 2.26. The molecule has 1 aromatic heterocycles. The molecule has 0 saturated carbocycles. The van der Waals surface area contributed by atoms with Gasteiger partial charge in [-0.15, -0.1) is 0 Å². The van der Waals surface area contributed by atoms with E-state index in [1.165, 1.54) is 18.0 Å². The summed E-state index contributed by atoms with van der Waals surface area (Å²) in [6.45, 7) is 0. The summed E-state index contributed by atoms with van der Waals surface area (Å²) < 4.78 is 0. The number of nitrogens with zero attached hydrogens (tertiary/aromatic N) is 1. The number of aromatic amines is 1. The fraction of sp³-hybridized carbons (Fsp3) is 0. The first-order valence-electron chi connectivity index (χ1n) is 4.31. The van der Waals surface area contributed by atoms with E-state index in [-0.39, 0.29) is 5.56 Å². The SMILES string of the molecule is NSc1ccc(-c2cn[nH]c(=O)c2)cc1. The third-order valence-electron chi connectivity index (χ3n) is 1.99. The average molecular weight is 219 g/mol. The second-order valence-electron chi connectivity index (χ2n) is 2.98. The summed E-state index contributed by atoms with van der Waals surface area (Å²) in [7, 11) is 0. The van der Waals surface area contributed by atoms with Crippen molar-refractivity contribution < 1.29 is 0 Å². The summed E-state index contributed by atoms with van der Waals surface area (Å²) in [5, 5.41) is 11.5. The van der Waals surface area contributed by atoms with Gasteiger partial charge in [0.1, 0.15) is 0 Å². The lowest BCUT2D eigenvalue weighted by Crippen LogP contribution is -2.05. The molecular formula is C10H9N3OS. The lowest BCUT2D eigenvalue weighted by molar-refractivity contribution is 0.991. The molecule has 1 aromatic carbocycles. The monoisotopic (exact) mass is 219 g/mol. The first-order valence-corrected chi connectivity index (χ1v) is 5.19. The number of benzene rings is 1. The number of hydrogen-bond acceptors (Lipinski definition) is 4. The number of nitrogens with two attached hydrogens (primary N) is 1. The van der Waals surface area contributed by atoms with E-state index in [2.05, 4.69) is 10.2 Å². The average Bonchev–Trinajstić information content (AvgIpc) is 2.29.